The summed E-state index contributed by atoms with van der Waals surface area (Å²) in [7, 11) is 1.58. The Kier molecular flexibility index (Phi) is 5.99. The summed E-state index contributed by atoms with van der Waals surface area (Å²) in [5.41, 5.74) is 1.78. The molecule has 1 aliphatic heterocycles. The van der Waals surface area contributed by atoms with Crippen molar-refractivity contribution in [3.63, 3.8) is 0 Å². The third kappa shape index (κ3) is 4.71. The molecule has 28 heavy (non-hydrogen) atoms. The molecular weight excluding hydrogens is 358 g/mol. The van der Waals surface area contributed by atoms with Gasteiger partial charge in [-0.25, -0.2) is 0 Å². The second-order valence-electron chi connectivity index (χ2n) is 6.86. The number of methoxy groups -OCH3 is 1. The lowest BCUT2D eigenvalue weighted by Crippen LogP contribution is -2.25. The molecule has 6 heteroatoms. The molecule has 0 atom stereocenters. The van der Waals surface area contributed by atoms with Gasteiger partial charge in [0.1, 0.15) is 5.75 Å². The van der Waals surface area contributed by atoms with Gasteiger partial charge in [-0.15, -0.1) is 0 Å². The van der Waals surface area contributed by atoms with Gasteiger partial charge in [-0.05, 0) is 47.9 Å². The molecule has 146 valence electrons. The van der Waals surface area contributed by atoms with Crippen molar-refractivity contribution in [2.75, 3.05) is 25.6 Å². The summed E-state index contributed by atoms with van der Waals surface area (Å²) in [6.07, 6.45) is 3.20. The van der Waals surface area contributed by atoms with E-state index in [9.17, 15) is 9.59 Å². The average Bonchev–Trinajstić information content (AvgIpc) is 2.69. The van der Waals surface area contributed by atoms with Gasteiger partial charge in [0, 0.05) is 5.56 Å². The van der Waals surface area contributed by atoms with Gasteiger partial charge in [-0.1, -0.05) is 26.0 Å². The van der Waals surface area contributed by atoms with E-state index in [2.05, 4.69) is 19.2 Å². The van der Waals surface area contributed by atoms with Gasteiger partial charge in [0.15, 0.2) is 23.9 Å². The summed E-state index contributed by atoms with van der Waals surface area (Å²) in [6, 6.07) is 10.5. The second kappa shape index (κ2) is 8.61. The summed E-state index contributed by atoms with van der Waals surface area (Å²) >= 11 is 0. The number of ketones is 1. The van der Waals surface area contributed by atoms with Crippen LogP contribution in [0.3, 0.4) is 0 Å². The van der Waals surface area contributed by atoms with Crippen molar-refractivity contribution < 1.29 is 23.8 Å². The highest BCUT2D eigenvalue weighted by Crippen LogP contribution is 2.30. The van der Waals surface area contributed by atoms with Crippen LogP contribution in [-0.4, -0.2) is 32.0 Å². The van der Waals surface area contributed by atoms with Crippen molar-refractivity contribution >= 4 is 23.5 Å². The van der Waals surface area contributed by atoms with E-state index in [0.29, 0.717) is 41.0 Å². The van der Waals surface area contributed by atoms with Crippen LogP contribution in [0.15, 0.2) is 42.5 Å². The van der Waals surface area contributed by atoms with Gasteiger partial charge in [-0.2, -0.15) is 0 Å². The maximum atomic E-state index is 12.5. The molecule has 1 amide bonds. The maximum absolute atomic E-state index is 12.5. The minimum Gasteiger partial charge on any atom is -0.493 e. The number of hydrogen-bond acceptors (Lipinski definition) is 5. The number of rotatable bonds is 7. The number of nitrogens with one attached hydrogen (secondary N) is 1. The van der Waals surface area contributed by atoms with Crippen LogP contribution in [0.5, 0.6) is 17.2 Å². The molecule has 0 saturated heterocycles. The zero-order valence-corrected chi connectivity index (χ0v) is 16.2. The fourth-order valence-electron chi connectivity index (χ4n) is 2.67. The van der Waals surface area contributed by atoms with E-state index in [1.165, 1.54) is 6.08 Å². The van der Waals surface area contributed by atoms with Gasteiger partial charge >= 0.3 is 0 Å². The fraction of sp³-hybridized carbons (Fsp3) is 0.273. The number of anilines is 1. The summed E-state index contributed by atoms with van der Waals surface area (Å²) in [4.78, 5) is 23.9. The summed E-state index contributed by atoms with van der Waals surface area (Å²) in [5, 5.41) is 2.70. The zero-order valence-electron chi connectivity index (χ0n) is 16.2. The normalized spacial score (nSPS) is 13.1. The van der Waals surface area contributed by atoms with E-state index in [0.717, 1.165) is 5.56 Å². The molecule has 0 unspecified atom stereocenters. The molecule has 0 spiro atoms. The van der Waals surface area contributed by atoms with Crippen LogP contribution in [0.4, 0.5) is 5.69 Å². The van der Waals surface area contributed by atoms with Crippen LogP contribution in [-0.2, 0) is 4.79 Å². The molecule has 1 aliphatic rings. The van der Waals surface area contributed by atoms with Gasteiger partial charge in [0.05, 0.1) is 19.4 Å². The second-order valence-corrected chi connectivity index (χ2v) is 6.86. The third-order valence-electron chi connectivity index (χ3n) is 4.08. The van der Waals surface area contributed by atoms with Crippen LogP contribution in [0.2, 0.25) is 0 Å². The molecule has 1 N–H and O–H groups in total. The monoisotopic (exact) mass is 381 g/mol. The molecule has 1 heterocycles. The topological polar surface area (TPSA) is 73.9 Å². The molecule has 0 aromatic heterocycles. The number of allylic oxidation sites excluding steroid dienone is 1. The average molecular weight is 381 g/mol. The Morgan fingerprint density at radius 2 is 2.04 bits per heavy atom. The lowest BCUT2D eigenvalue weighted by Gasteiger charge is -2.18. The van der Waals surface area contributed by atoms with Gasteiger partial charge in [0.2, 0.25) is 0 Å². The van der Waals surface area contributed by atoms with E-state index in [1.807, 2.05) is 18.2 Å². The third-order valence-corrected chi connectivity index (χ3v) is 4.08. The minimum atomic E-state index is -0.237. The molecule has 0 radical (unpaired) electrons. The lowest BCUT2D eigenvalue weighted by molar-refractivity contribution is -0.118. The van der Waals surface area contributed by atoms with Crippen molar-refractivity contribution in [2.45, 2.75) is 13.8 Å². The van der Waals surface area contributed by atoms with E-state index in [4.69, 9.17) is 14.2 Å². The highest BCUT2D eigenvalue weighted by Gasteiger charge is 2.17. The van der Waals surface area contributed by atoms with Crippen LogP contribution >= 0.6 is 0 Å². The standard InChI is InChI=1S/C22H23NO5/c1-14(2)12-27-20-8-5-15(10-21(20)26-3)4-7-18(24)16-6-9-19-17(11-16)23-22(25)13-28-19/h4-11,14H,12-13H2,1-3H3,(H,23,25)/b7-4+. The number of amides is 1. The van der Waals surface area contributed by atoms with Crippen molar-refractivity contribution in [2.24, 2.45) is 5.92 Å². The molecule has 0 aliphatic carbocycles. The van der Waals surface area contributed by atoms with E-state index >= 15 is 0 Å². The van der Waals surface area contributed by atoms with Gasteiger partial charge < -0.3 is 19.5 Å². The number of benzene rings is 2. The lowest BCUT2D eigenvalue weighted by atomic mass is 10.1. The SMILES string of the molecule is COc1cc(/C=C/C(=O)c2ccc3c(c2)NC(=O)CO3)ccc1OCC(C)C. The predicted octanol–water partition coefficient (Wildman–Crippen LogP) is 3.96. The first-order valence-corrected chi connectivity index (χ1v) is 9.06. The largest absolute Gasteiger partial charge is 0.493 e. The number of carbonyl (C=O) groups excluding carboxylic acids is 2. The Labute approximate surface area is 164 Å². The maximum Gasteiger partial charge on any atom is 0.262 e. The summed E-state index contributed by atoms with van der Waals surface area (Å²) in [5.74, 6) is 1.84. The highest BCUT2D eigenvalue weighted by atomic mass is 16.5. The Hall–Kier alpha value is -3.28. The first-order chi connectivity index (χ1) is 13.5. The molecule has 3 rings (SSSR count). The van der Waals surface area contributed by atoms with E-state index < -0.39 is 0 Å². The molecule has 0 fully saturated rings. The van der Waals surface area contributed by atoms with E-state index in [1.54, 1.807) is 31.4 Å². The van der Waals surface area contributed by atoms with Crippen LogP contribution < -0.4 is 19.5 Å². The Morgan fingerprint density at radius 3 is 2.79 bits per heavy atom. The van der Waals surface area contributed by atoms with Crippen molar-refractivity contribution in [1.29, 1.82) is 0 Å². The Bertz CT molecular complexity index is 917. The Balaban J connectivity index is 1.73. The number of fused-ring (bicyclic) bond motifs is 1. The molecule has 0 bridgehead atoms. The predicted molar refractivity (Wildman–Crippen MR) is 107 cm³/mol. The minimum absolute atomic E-state index is 0.0150. The van der Waals surface area contributed by atoms with Crippen LogP contribution in [0.25, 0.3) is 6.08 Å². The highest BCUT2D eigenvalue weighted by molar-refractivity contribution is 6.08. The van der Waals surface area contributed by atoms with Crippen LogP contribution in [0.1, 0.15) is 29.8 Å². The first-order valence-electron chi connectivity index (χ1n) is 9.06. The molecule has 0 saturated carbocycles. The van der Waals surface area contributed by atoms with Crippen LogP contribution in [0, 0.1) is 5.92 Å². The van der Waals surface area contributed by atoms with E-state index in [-0.39, 0.29) is 18.3 Å². The molecule has 2 aromatic rings. The first kappa shape index (κ1) is 19.5. The number of ether oxygens (including phenoxy) is 3. The van der Waals surface area contributed by atoms with Gasteiger partial charge in [0.25, 0.3) is 5.91 Å². The summed E-state index contributed by atoms with van der Waals surface area (Å²) < 4.78 is 16.4. The number of carbonyl (C=O) groups is 2. The van der Waals surface area contributed by atoms with Crippen molar-refractivity contribution in [3.8, 4) is 17.2 Å². The molecule has 2 aromatic carbocycles. The smallest absolute Gasteiger partial charge is 0.262 e. The van der Waals surface area contributed by atoms with Crippen molar-refractivity contribution in [3.05, 3.63) is 53.6 Å². The molecular formula is C22H23NO5. The quantitative estimate of drug-likeness (QED) is 0.581. The summed E-state index contributed by atoms with van der Waals surface area (Å²) in [6.45, 7) is 4.74. The van der Waals surface area contributed by atoms with Crippen molar-refractivity contribution in [1.82, 2.24) is 0 Å². The number of hydrogen-bond donors (Lipinski definition) is 1. The van der Waals surface area contributed by atoms with Gasteiger partial charge in [-0.3, -0.25) is 9.59 Å². The Morgan fingerprint density at radius 1 is 1.21 bits per heavy atom. The fourth-order valence-corrected chi connectivity index (χ4v) is 2.67. The molecule has 6 nitrogen and oxygen atoms in total. The zero-order chi connectivity index (χ0) is 20.1.